The summed E-state index contributed by atoms with van der Waals surface area (Å²) in [7, 11) is 0. The number of amides is 1. The largest absolute Gasteiger partial charge is 0.467 e. The molecule has 0 bridgehead atoms. The summed E-state index contributed by atoms with van der Waals surface area (Å²) in [6.07, 6.45) is -2.20. The van der Waals surface area contributed by atoms with E-state index in [4.69, 9.17) is 16.3 Å². The van der Waals surface area contributed by atoms with E-state index in [2.05, 4.69) is 15.5 Å². The average Bonchev–Trinajstić information content (AvgIpc) is 2.68. The monoisotopic (exact) mass is 429 g/mol. The molecule has 1 heterocycles. The van der Waals surface area contributed by atoms with Crippen LogP contribution in [0, 0.1) is 0 Å². The summed E-state index contributed by atoms with van der Waals surface area (Å²) >= 11 is 5.87. The summed E-state index contributed by atoms with van der Waals surface area (Å²) in [4.78, 5) is 12.6. The lowest BCUT2D eigenvalue weighted by molar-refractivity contribution is -0.154. The number of nitrogens with one attached hydrogen (secondary N) is 1. The highest BCUT2D eigenvalue weighted by atomic mass is 35.5. The molecule has 0 spiro atoms. The van der Waals surface area contributed by atoms with Crippen LogP contribution < -0.4 is 10.1 Å². The van der Waals surface area contributed by atoms with Crippen LogP contribution in [0.2, 0.25) is 5.02 Å². The highest BCUT2D eigenvalue weighted by Crippen LogP contribution is 2.30. The van der Waals surface area contributed by atoms with Gasteiger partial charge >= 0.3 is 6.18 Å². The maximum absolute atomic E-state index is 12.6. The second kappa shape index (κ2) is 8.96. The molecule has 2 unspecified atom stereocenters. The Morgan fingerprint density at radius 1 is 1.21 bits per heavy atom. The zero-order valence-electron chi connectivity index (χ0n) is 15.2. The molecule has 0 aliphatic heterocycles. The Kier molecular flexibility index (Phi) is 6.59. The van der Waals surface area contributed by atoms with Gasteiger partial charge in [-0.05, 0) is 36.6 Å². The van der Waals surface area contributed by atoms with Crippen LogP contribution in [0.1, 0.15) is 36.2 Å². The minimum Gasteiger partial charge on any atom is -0.467 e. The van der Waals surface area contributed by atoms with E-state index in [0.29, 0.717) is 23.4 Å². The van der Waals surface area contributed by atoms with Crippen molar-refractivity contribution >= 4 is 17.5 Å². The van der Waals surface area contributed by atoms with E-state index in [1.54, 1.807) is 24.3 Å². The molecule has 156 valence electrons. The van der Waals surface area contributed by atoms with E-state index >= 15 is 0 Å². The number of ether oxygens (including phenoxy) is 1. The third-order valence-electron chi connectivity index (χ3n) is 4.57. The molecule has 2 atom stereocenters. The van der Waals surface area contributed by atoms with Gasteiger partial charge in [0, 0.05) is 10.6 Å². The first-order chi connectivity index (χ1) is 13.7. The molecule has 1 saturated carbocycles. The Morgan fingerprint density at radius 2 is 1.90 bits per heavy atom. The maximum Gasteiger partial charge on any atom is 0.422 e. The number of benzene rings is 1. The highest BCUT2D eigenvalue weighted by Gasteiger charge is 2.30. The Bertz CT molecular complexity index is 862. The Balaban J connectivity index is 1.87. The first-order valence-corrected chi connectivity index (χ1v) is 9.43. The number of aliphatic hydroxyl groups excluding tert-OH is 1. The highest BCUT2D eigenvalue weighted by molar-refractivity contribution is 6.30. The molecule has 10 heteroatoms. The summed E-state index contributed by atoms with van der Waals surface area (Å²) < 4.78 is 42.4. The molecule has 1 fully saturated rings. The summed E-state index contributed by atoms with van der Waals surface area (Å²) in [5, 5.41) is 20.6. The molecule has 2 aromatic rings. The molecular weight excluding hydrogens is 411 g/mol. The van der Waals surface area contributed by atoms with Crippen molar-refractivity contribution in [2.24, 2.45) is 0 Å². The fraction of sp³-hybridized carbons (Fsp3) is 0.421. The summed E-state index contributed by atoms with van der Waals surface area (Å²) in [6, 6.07) is 7.18. The third kappa shape index (κ3) is 5.80. The van der Waals surface area contributed by atoms with Crippen LogP contribution >= 0.6 is 11.6 Å². The van der Waals surface area contributed by atoms with Gasteiger partial charge in [-0.15, -0.1) is 10.2 Å². The molecule has 0 radical (unpaired) electrons. The van der Waals surface area contributed by atoms with Crippen LogP contribution in [-0.2, 0) is 0 Å². The fourth-order valence-electron chi connectivity index (χ4n) is 3.11. The molecule has 0 saturated heterocycles. The van der Waals surface area contributed by atoms with E-state index < -0.39 is 30.8 Å². The summed E-state index contributed by atoms with van der Waals surface area (Å²) in [5.41, 5.74) is 0.551. The Labute approximate surface area is 170 Å². The average molecular weight is 430 g/mol. The van der Waals surface area contributed by atoms with Crippen LogP contribution in [0.5, 0.6) is 5.88 Å². The number of hydrogen-bond acceptors (Lipinski definition) is 5. The quantitative estimate of drug-likeness (QED) is 0.755. The normalized spacial score (nSPS) is 19.6. The number of aromatic nitrogens is 2. The minimum atomic E-state index is -4.55. The third-order valence-corrected chi connectivity index (χ3v) is 4.82. The smallest absolute Gasteiger partial charge is 0.422 e. The first-order valence-electron chi connectivity index (χ1n) is 9.05. The van der Waals surface area contributed by atoms with Gasteiger partial charge in [0.15, 0.2) is 12.3 Å². The van der Waals surface area contributed by atoms with Crippen LogP contribution in [0.25, 0.3) is 11.1 Å². The van der Waals surface area contributed by atoms with Gasteiger partial charge in [0.1, 0.15) is 0 Å². The number of nitrogens with zero attached hydrogens (tertiary/aromatic N) is 2. The van der Waals surface area contributed by atoms with Crippen LogP contribution in [0.3, 0.4) is 0 Å². The standard InChI is InChI=1S/C19H19ClF3N3O3/c20-12-7-5-11(6-8-12)13-9-15(25-26-18(13)29-10-19(21,22)23)17(28)24-14-3-1-2-4-16(14)27/h5-9,14,16,27H,1-4,10H2,(H,24,28). The second-order valence-corrected chi connectivity index (χ2v) is 7.23. The lowest BCUT2D eigenvalue weighted by atomic mass is 9.92. The SMILES string of the molecule is O=C(NC1CCCCC1O)c1cc(-c2ccc(Cl)cc2)c(OCC(F)(F)F)nn1. The Hall–Kier alpha value is -2.39. The number of rotatable bonds is 5. The van der Waals surface area contributed by atoms with E-state index in [1.807, 2.05) is 0 Å². The zero-order valence-corrected chi connectivity index (χ0v) is 16.0. The van der Waals surface area contributed by atoms with Gasteiger partial charge in [0.2, 0.25) is 5.88 Å². The van der Waals surface area contributed by atoms with E-state index in [-0.39, 0.29) is 17.1 Å². The first kappa shape index (κ1) is 21.3. The lowest BCUT2D eigenvalue weighted by Crippen LogP contribution is -2.45. The second-order valence-electron chi connectivity index (χ2n) is 6.79. The number of aliphatic hydroxyl groups is 1. The van der Waals surface area contributed by atoms with Crippen molar-refractivity contribution in [3.8, 4) is 17.0 Å². The molecule has 1 aromatic carbocycles. The molecular formula is C19H19ClF3N3O3. The van der Waals surface area contributed by atoms with Gasteiger partial charge in [0.25, 0.3) is 5.91 Å². The van der Waals surface area contributed by atoms with Crippen molar-refractivity contribution < 1.29 is 27.8 Å². The van der Waals surface area contributed by atoms with Crippen molar-refractivity contribution in [2.45, 2.75) is 44.0 Å². The maximum atomic E-state index is 12.6. The molecule has 29 heavy (non-hydrogen) atoms. The van der Waals surface area contributed by atoms with Crippen LogP contribution in [0.4, 0.5) is 13.2 Å². The lowest BCUT2D eigenvalue weighted by Gasteiger charge is -2.28. The summed E-state index contributed by atoms with van der Waals surface area (Å²) in [5.74, 6) is -0.917. The predicted octanol–water partition coefficient (Wildman–Crippen LogP) is 3.77. The van der Waals surface area contributed by atoms with E-state index in [0.717, 1.165) is 12.8 Å². The molecule has 6 nitrogen and oxygen atoms in total. The summed E-state index contributed by atoms with van der Waals surface area (Å²) in [6.45, 7) is -1.54. The van der Waals surface area contributed by atoms with Crippen molar-refractivity contribution in [1.29, 1.82) is 0 Å². The molecule has 1 aliphatic rings. The van der Waals surface area contributed by atoms with Gasteiger partial charge < -0.3 is 15.2 Å². The molecule has 2 N–H and O–H groups in total. The van der Waals surface area contributed by atoms with E-state index in [1.165, 1.54) is 6.07 Å². The number of hydrogen-bond donors (Lipinski definition) is 2. The van der Waals surface area contributed by atoms with Crippen molar-refractivity contribution in [1.82, 2.24) is 15.5 Å². The minimum absolute atomic E-state index is 0.0907. The van der Waals surface area contributed by atoms with Gasteiger partial charge in [-0.25, -0.2) is 0 Å². The number of halogens is 4. The molecule has 3 rings (SSSR count). The van der Waals surface area contributed by atoms with Gasteiger partial charge in [-0.1, -0.05) is 36.6 Å². The van der Waals surface area contributed by atoms with Crippen LogP contribution in [0.15, 0.2) is 30.3 Å². The predicted molar refractivity (Wildman–Crippen MR) is 99.8 cm³/mol. The number of alkyl halides is 3. The van der Waals surface area contributed by atoms with Crippen molar-refractivity contribution in [2.75, 3.05) is 6.61 Å². The number of carbonyl (C=O) groups is 1. The topological polar surface area (TPSA) is 84.3 Å². The van der Waals surface area contributed by atoms with Gasteiger partial charge in [-0.2, -0.15) is 13.2 Å². The molecule has 1 aliphatic carbocycles. The fourth-order valence-corrected chi connectivity index (χ4v) is 3.23. The van der Waals surface area contributed by atoms with Crippen molar-refractivity contribution in [3.63, 3.8) is 0 Å². The number of carbonyl (C=O) groups excluding carboxylic acids is 1. The van der Waals surface area contributed by atoms with E-state index in [9.17, 15) is 23.1 Å². The molecule has 1 amide bonds. The zero-order chi connectivity index (χ0) is 21.0. The Morgan fingerprint density at radius 3 is 2.55 bits per heavy atom. The van der Waals surface area contributed by atoms with Gasteiger partial charge in [0.05, 0.1) is 12.1 Å². The van der Waals surface area contributed by atoms with Crippen molar-refractivity contribution in [3.05, 3.63) is 41.0 Å². The van der Waals surface area contributed by atoms with Crippen LogP contribution in [-0.4, -0.2) is 46.1 Å². The van der Waals surface area contributed by atoms with Gasteiger partial charge in [-0.3, -0.25) is 4.79 Å². The molecule has 1 aromatic heterocycles.